The van der Waals surface area contributed by atoms with E-state index in [9.17, 15) is 0 Å². The molecule has 0 aliphatic carbocycles. The molecule has 1 aliphatic heterocycles. The fourth-order valence-electron chi connectivity index (χ4n) is 2.15. The second-order valence-electron chi connectivity index (χ2n) is 4.28. The van der Waals surface area contributed by atoms with Crippen molar-refractivity contribution in [3.8, 4) is 0 Å². The molecule has 1 aromatic rings. The minimum Gasteiger partial charge on any atom is -0.360 e. The molecule has 1 saturated heterocycles. The number of rotatable bonds is 3. The predicted octanol–water partition coefficient (Wildman–Crippen LogP) is 1.25. The van der Waals surface area contributed by atoms with Crippen LogP contribution in [-0.4, -0.2) is 35.2 Å². The molecule has 2 heterocycles. The Morgan fingerprint density at radius 2 is 2.53 bits per heavy atom. The standard InChI is InChI=1S/C11H19N3O/c1-3-10-6-12-9(2)7-14(10)8-11-4-5-13-15-11/h4-5,9-10,12H,3,6-8H2,1-2H3. The van der Waals surface area contributed by atoms with Crippen molar-refractivity contribution in [2.75, 3.05) is 13.1 Å². The molecule has 2 rings (SSSR count). The van der Waals surface area contributed by atoms with Gasteiger partial charge in [-0.2, -0.15) is 0 Å². The molecule has 0 amide bonds. The molecule has 4 heteroatoms. The molecule has 0 aromatic carbocycles. The summed E-state index contributed by atoms with van der Waals surface area (Å²) in [5.41, 5.74) is 0. The zero-order valence-corrected chi connectivity index (χ0v) is 9.44. The molecule has 4 nitrogen and oxygen atoms in total. The van der Waals surface area contributed by atoms with Crippen LogP contribution in [0.5, 0.6) is 0 Å². The molecule has 1 fully saturated rings. The highest BCUT2D eigenvalue weighted by Gasteiger charge is 2.24. The average molecular weight is 209 g/mol. The third-order valence-electron chi connectivity index (χ3n) is 3.05. The van der Waals surface area contributed by atoms with E-state index in [1.807, 2.05) is 6.07 Å². The molecule has 1 aliphatic rings. The van der Waals surface area contributed by atoms with Crippen LogP contribution in [0.2, 0.25) is 0 Å². The first-order valence-electron chi connectivity index (χ1n) is 5.66. The van der Waals surface area contributed by atoms with Crippen LogP contribution in [-0.2, 0) is 6.54 Å². The topological polar surface area (TPSA) is 41.3 Å². The molecule has 0 bridgehead atoms. The van der Waals surface area contributed by atoms with Gasteiger partial charge in [0.15, 0.2) is 5.76 Å². The lowest BCUT2D eigenvalue weighted by Gasteiger charge is -2.38. The third-order valence-corrected chi connectivity index (χ3v) is 3.05. The van der Waals surface area contributed by atoms with Crippen LogP contribution in [0.4, 0.5) is 0 Å². The first kappa shape index (κ1) is 10.6. The Balaban J connectivity index is 1.98. The molecule has 0 saturated carbocycles. The summed E-state index contributed by atoms with van der Waals surface area (Å²) in [5.74, 6) is 0.961. The zero-order valence-electron chi connectivity index (χ0n) is 9.44. The number of hydrogen-bond acceptors (Lipinski definition) is 4. The molecule has 1 N–H and O–H groups in total. The van der Waals surface area contributed by atoms with E-state index in [-0.39, 0.29) is 0 Å². The van der Waals surface area contributed by atoms with E-state index in [2.05, 4.69) is 29.2 Å². The van der Waals surface area contributed by atoms with Gasteiger partial charge in [-0.15, -0.1) is 0 Å². The van der Waals surface area contributed by atoms with Crippen molar-refractivity contribution in [3.05, 3.63) is 18.0 Å². The highest BCUT2D eigenvalue weighted by molar-refractivity contribution is 4.95. The van der Waals surface area contributed by atoms with Gasteiger partial charge in [0.05, 0.1) is 12.7 Å². The monoisotopic (exact) mass is 209 g/mol. The largest absolute Gasteiger partial charge is 0.360 e. The summed E-state index contributed by atoms with van der Waals surface area (Å²) in [6.07, 6.45) is 2.88. The first-order valence-corrected chi connectivity index (χ1v) is 5.66. The van der Waals surface area contributed by atoms with Gasteiger partial charge < -0.3 is 9.84 Å². The van der Waals surface area contributed by atoms with E-state index < -0.39 is 0 Å². The zero-order chi connectivity index (χ0) is 10.7. The van der Waals surface area contributed by atoms with Gasteiger partial charge in [-0.05, 0) is 13.3 Å². The Hall–Kier alpha value is -0.870. The lowest BCUT2D eigenvalue weighted by molar-refractivity contribution is 0.112. The number of hydrogen-bond donors (Lipinski definition) is 1. The number of aromatic nitrogens is 1. The van der Waals surface area contributed by atoms with Crippen molar-refractivity contribution in [1.29, 1.82) is 0 Å². The van der Waals surface area contributed by atoms with Gasteiger partial charge in [-0.1, -0.05) is 12.1 Å². The normalized spacial score (nSPS) is 28.1. The van der Waals surface area contributed by atoms with Crippen molar-refractivity contribution < 1.29 is 4.52 Å². The Morgan fingerprint density at radius 3 is 3.20 bits per heavy atom. The van der Waals surface area contributed by atoms with Crippen molar-refractivity contribution in [3.63, 3.8) is 0 Å². The van der Waals surface area contributed by atoms with Crippen LogP contribution < -0.4 is 5.32 Å². The minimum absolute atomic E-state index is 0.565. The highest BCUT2D eigenvalue weighted by Crippen LogP contribution is 2.14. The van der Waals surface area contributed by atoms with E-state index in [0.717, 1.165) is 25.4 Å². The highest BCUT2D eigenvalue weighted by atomic mass is 16.5. The van der Waals surface area contributed by atoms with Gasteiger partial charge in [0.2, 0.25) is 0 Å². The minimum atomic E-state index is 0.565. The Kier molecular flexibility index (Phi) is 3.38. The third kappa shape index (κ3) is 2.58. The van der Waals surface area contributed by atoms with E-state index >= 15 is 0 Å². The van der Waals surface area contributed by atoms with Gasteiger partial charge >= 0.3 is 0 Å². The average Bonchev–Trinajstić information content (AvgIpc) is 2.71. The first-order chi connectivity index (χ1) is 7.29. The van der Waals surface area contributed by atoms with Crippen molar-refractivity contribution in [1.82, 2.24) is 15.4 Å². The van der Waals surface area contributed by atoms with Gasteiger partial charge in [0, 0.05) is 31.2 Å². The lowest BCUT2D eigenvalue weighted by Crippen LogP contribution is -2.54. The number of piperazine rings is 1. The van der Waals surface area contributed by atoms with Gasteiger partial charge in [0.1, 0.15) is 0 Å². The molecule has 84 valence electrons. The van der Waals surface area contributed by atoms with E-state index in [1.54, 1.807) is 6.20 Å². The summed E-state index contributed by atoms with van der Waals surface area (Å²) >= 11 is 0. The van der Waals surface area contributed by atoms with Crippen LogP contribution in [0.15, 0.2) is 16.8 Å². The van der Waals surface area contributed by atoms with Crippen LogP contribution in [0.1, 0.15) is 26.0 Å². The van der Waals surface area contributed by atoms with Gasteiger partial charge in [-0.3, -0.25) is 4.90 Å². The summed E-state index contributed by atoms with van der Waals surface area (Å²) in [4.78, 5) is 2.47. The Morgan fingerprint density at radius 1 is 1.67 bits per heavy atom. The van der Waals surface area contributed by atoms with Crippen molar-refractivity contribution >= 4 is 0 Å². The van der Waals surface area contributed by atoms with Crippen LogP contribution in [0.25, 0.3) is 0 Å². The number of nitrogens with zero attached hydrogens (tertiary/aromatic N) is 2. The summed E-state index contributed by atoms with van der Waals surface area (Å²) < 4.78 is 5.15. The fourth-order valence-corrected chi connectivity index (χ4v) is 2.15. The van der Waals surface area contributed by atoms with Crippen molar-refractivity contribution in [2.24, 2.45) is 0 Å². The van der Waals surface area contributed by atoms with Gasteiger partial charge in [0.25, 0.3) is 0 Å². The molecule has 0 radical (unpaired) electrons. The SMILES string of the molecule is CCC1CNC(C)CN1Cc1ccno1. The maximum absolute atomic E-state index is 5.15. The molecular weight excluding hydrogens is 190 g/mol. The van der Waals surface area contributed by atoms with Gasteiger partial charge in [-0.25, -0.2) is 0 Å². The molecule has 1 aromatic heterocycles. The lowest BCUT2D eigenvalue weighted by atomic mass is 10.1. The predicted molar refractivity (Wildman–Crippen MR) is 58.5 cm³/mol. The van der Waals surface area contributed by atoms with E-state index in [0.29, 0.717) is 12.1 Å². The maximum Gasteiger partial charge on any atom is 0.150 e. The maximum atomic E-state index is 5.15. The molecular formula is C11H19N3O. The Labute approximate surface area is 90.6 Å². The second kappa shape index (κ2) is 4.77. The van der Waals surface area contributed by atoms with Crippen LogP contribution in [0.3, 0.4) is 0 Å². The van der Waals surface area contributed by atoms with E-state index in [4.69, 9.17) is 4.52 Å². The van der Waals surface area contributed by atoms with Crippen LogP contribution in [0, 0.1) is 0 Å². The Bertz CT molecular complexity index is 286. The van der Waals surface area contributed by atoms with Crippen molar-refractivity contribution in [2.45, 2.75) is 38.9 Å². The molecule has 2 atom stereocenters. The molecule has 15 heavy (non-hydrogen) atoms. The molecule has 0 spiro atoms. The fraction of sp³-hybridized carbons (Fsp3) is 0.727. The molecule has 2 unspecified atom stereocenters. The second-order valence-corrected chi connectivity index (χ2v) is 4.28. The summed E-state index contributed by atoms with van der Waals surface area (Å²) in [6.45, 7) is 7.49. The summed E-state index contributed by atoms with van der Waals surface area (Å²) in [7, 11) is 0. The van der Waals surface area contributed by atoms with Crippen LogP contribution >= 0.6 is 0 Å². The quantitative estimate of drug-likeness (QED) is 0.813. The summed E-state index contributed by atoms with van der Waals surface area (Å²) in [5, 5.41) is 7.24. The smallest absolute Gasteiger partial charge is 0.150 e. The number of nitrogens with one attached hydrogen (secondary N) is 1. The van der Waals surface area contributed by atoms with E-state index in [1.165, 1.54) is 6.42 Å². The summed E-state index contributed by atoms with van der Waals surface area (Å²) in [6, 6.07) is 3.13.